The second kappa shape index (κ2) is 11.3. The summed E-state index contributed by atoms with van der Waals surface area (Å²) in [6, 6.07) is -3.34. The number of aliphatic hydroxyl groups is 1. The van der Waals surface area contributed by atoms with E-state index in [0.717, 1.165) is 0 Å². The van der Waals surface area contributed by atoms with Crippen LogP contribution in [0.1, 0.15) is 33.6 Å². The van der Waals surface area contributed by atoms with Gasteiger partial charge in [0.05, 0.1) is 12.1 Å². The number of amides is 2. The SMILES string of the molecule is CC(C)[C@H](NC(=O)[C@@H](N)CCCN=C(N)N)C(=O)N[C@H](C(=O)O)[C@@H](C)O. The number of aliphatic imine (C=N–C) groups is 1. The van der Waals surface area contributed by atoms with Crippen molar-refractivity contribution in [3.63, 3.8) is 0 Å². The first-order valence-corrected chi connectivity index (χ1v) is 8.30. The van der Waals surface area contributed by atoms with E-state index in [-0.39, 0.29) is 11.9 Å². The lowest BCUT2D eigenvalue weighted by molar-refractivity contribution is -0.145. The molecule has 0 spiro atoms. The van der Waals surface area contributed by atoms with Gasteiger partial charge >= 0.3 is 5.97 Å². The average molecular weight is 374 g/mol. The summed E-state index contributed by atoms with van der Waals surface area (Å²) in [6.07, 6.45) is -0.507. The van der Waals surface area contributed by atoms with Gasteiger partial charge < -0.3 is 38.0 Å². The minimum absolute atomic E-state index is 0.0503. The molecule has 0 aliphatic carbocycles. The first-order valence-electron chi connectivity index (χ1n) is 8.30. The number of guanidine groups is 1. The Morgan fingerprint density at radius 2 is 1.58 bits per heavy atom. The van der Waals surface area contributed by atoms with Gasteiger partial charge in [-0.25, -0.2) is 4.79 Å². The average Bonchev–Trinajstić information content (AvgIpc) is 2.52. The van der Waals surface area contributed by atoms with Crippen LogP contribution < -0.4 is 27.8 Å². The van der Waals surface area contributed by atoms with Crippen molar-refractivity contribution in [2.45, 2.75) is 57.8 Å². The minimum Gasteiger partial charge on any atom is -0.480 e. The molecule has 0 fully saturated rings. The van der Waals surface area contributed by atoms with Crippen LogP contribution in [0.2, 0.25) is 0 Å². The van der Waals surface area contributed by atoms with Gasteiger partial charge in [-0.1, -0.05) is 13.8 Å². The highest BCUT2D eigenvalue weighted by Gasteiger charge is 2.31. The van der Waals surface area contributed by atoms with Crippen LogP contribution in [0.5, 0.6) is 0 Å². The Morgan fingerprint density at radius 1 is 1.04 bits per heavy atom. The van der Waals surface area contributed by atoms with Gasteiger partial charge in [-0.05, 0) is 25.7 Å². The minimum atomic E-state index is -1.48. The van der Waals surface area contributed by atoms with Crippen molar-refractivity contribution in [1.29, 1.82) is 0 Å². The molecule has 0 aliphatic heterocycles. The number of carbonyl (C=O) groups is 3. The normalized spacial score (nSPS) is 15.5. The van der Waals surface area contributed by atoms with E-state index in [2.05, 4.69) is 15.6 Å². The van der Waals surface area contributed by atoms with Crippen LogP contribution in [0.3, 0.4) is 0 Å². The number of nitrogens with two attached hydrogens (primary N) is 3. The van der Waals surface area contributed by atoms with E-state index in [0.29, 0.717) is 19.4 Å². The molecule has 0 aromatic heterocycles. The molecule has 0 rings (SSSR count). The van der Waals surface area contributed by atoms with Crippen LogP contribution in [0, 0.1) is 5.92 Å². The molecular weight excluding hydrogens is 344 g/mol. The maximum absolute atomic E-state index is 12.3. The lowest BCUT2D eigenvalue weighted by Crippen LogP contribution is -2.58. The summed E-state index contributed by atoms with van der Waals surface area (Å²) >= 11 is 0. The topological polar surface area (TPSA) is 206 Å². The molecule has 0 bridgehead atoms. The number of hydrogen-bond donors (Lipinski definition) is 7. The Kier molecular flexibility index (Phi) is 10.2. The molecule has 0 saturated heterocycles. The second-order valence-corrected chi connectivity index (χ2v) is 6.35. The van der Waals surface area contributed by atoms with E-state index in [1.165, 1.54) is 6.92 Å². The first kappa shape index (κ1) is 23.6. The fourth-order valence-electron chi connectivity index (χ4n) is 2.08. The third-order valence-corrected chi connectivity index (χ3v) is 3.60. The van der Waals surface area contributed by atoms with E-state index in [9.17, 15) is 19.5 Å². The highest BCUT2D eigenvalue weighted by Crippen LogP contribution is 2.05. The summed E-state index contributed by atoms with van der Waals surface area (Å²) < 4.78 is 0. The van der Waals surface area contributed by atoms with Gasteiger partial charge in [0, 0.05) is 6.54 Å². The summed E-state index contributed by atoms with van der Waals surface area (Å²) in [5.74, 6) is -3.01. The van der Waals surface area contributed by atoms with Crippen molar-refractivity contribution >= 4 is 23.7 Å². The monoisotopic (exact) mass is 374 g/mol. The van der Waals surface area contributed by atoms with Crippen LogP contribution in [0.25, 0.3) is 0 Å². The predicted molar refractivity (Wildman–Crippen MR) is 95.9 cm³/mol. The predicted octanol–water partition coefficient (Wildman–Crippen LogP) is -2.54. The Balaban J connectivity index is 4.79. The molecule has 0 heterocycles. The summed E-state index contributed by atoms with van der Waals surface area (Å²) in [4.78, 5) is 39.4. The fourth-order valence-corrected chi connectivity index (χ4v) is 2.08. The van der Waals surface area contributed by atoms with Gasteiger partial charge in [-0.3, -0.25) is 14.6 Å². The largest absolute Gasteiger partial charge is 0.480 e. The molecule has 150 valence electrons. The number of rotatable bonds is 11. The maximum atomic E-state index is 12.3. The number of carbonyl (C=O) groups excluding carboxylic acids is 2. The molecular formula is C15H30N6O5. The van der Waals surface area contributed by atoms with Crippen LogP contribution in [0.4, 0.5) is 0 Å². The molecule has 0 aromatic carbocycles. The van der Waals surface area contributed by atoms with Crippen LogP contribution >= 0.6 is 0 Å². The number of carboxylic acid groups (broad SMARTS) is 1. The van der Waals surface area contributed by atoms with Crippen molar-refractivity contribution in [3.05, 3.63) is 0 Å². The lowest BCUT2D eigenvalue weighted by atomic mass is 10.0. The molecule has 11 heteroatoms. The Morgan fingerprint density at radius 3 is 2.00 bits per heavy atom. The first-order chi connectivity index (χ1) is 12.0. The van der Waals surface area contributed by atoms with Gasteiger partial charge in [0.2, 0.25) is 11.8 Å². The standard InChI is InChI=1S/C15H30N6O5/c1-7(2)10(13(24)21-11(8(3)22)14(25)26)20-12(23)9(16)5-4-6-19-15(17)18/h7-11,22H,4-6,16H2,1-3H3,(H,20,23)(H,21,24)(H,25,26)(H4,17,18,19)/t8-,9+,10+,11+/m1/s1. The molecule has 0 radical (unpaired) electrons. The van der Waals surface area contributed by atoms with Crippen molar-refractivity contribution in [2.24, 2.45) is 28.1 Å². The molecule has 0 aliphatic rings. The summed E-state index contributed by atoms with van der Waals surface area (Å²) in [5.41, 5.74) is 16.2. The highest BCUT2D eigenvalue weighted by atomic mass is 16.4. The Hall–Kier alpha value is -2.40. The number of carboxylic acids is 1. The highest BCUT2D eigenvalue weighted by molar-refractivity contribution is 5.92. The van der Waals surface area contributed by atoms with Crippen molar-refractivity contribution in [3.8, 4) is 0 Å². The fraction of sp³-hybridized carbons (Fsp3) is 0.733. The zero-order valence-corrected chi connectivity index (χ0v) is 15.3. The van der Waals surface area contributed by atoms with E-state index < -0.39 is 42.0 Å². The van der Waals surface area contributed by atoms with E-state index in [1.807, 2.05) is 0 Å². The third kappa shape index (κ3) is 8.62. The van der Waals surface area contributed by atoms with E-state index in [1.54, 1.807) is 13.8 Å². The van der Waals surface area contributed by atoms with Crippen LogP contribution in [-0.4, -0.2) is 64.7 Å². The number of aliphatic hydroxyl groups excluding tert-OH is 1. The van der Waals surface area contributed by atoms with Crippen molar-refractivity contribution in [2.75, 3.05) is 6.54 Å². The van der Waals surface area contributed by atoms with Crippen LogP contribution in [-0.2, 0) is 14.4 Å². The number of hydrogen-bond acceptors (Lipinski definition) is 6. The third-order valence-electron chi connectivity index (χ3n) is 3.60. The molecule has 0 aromatic rings. The van der Waals surface area contributed by atoms with Gasteiger partial charge in [0.15, 0.2) is 12.0 Å². The molecule has 4 atom stereocenters. The van der Waals surface area contributed by atoms with Gasteiger partial charge in [-0.2, -0.15) is 0 Å². The Labute approximate surface area is 152 Å². The number of nitrogens with one attached hydrogen (secondary N) is 2. The van der Waals surface area contributed by atoms with Crippen molar-refractivity contribution in [1.82, 2.24) is 10.6 Å². The van der Waals surface area contributed by atoms with E-state index >= 15 is 0 Å². The quantitative estimate of drug-likeness (QED) is 0.116. The molecule has 10 N–H and O–H groups in total. The van der Waals surface area contributed by atoms with E-state index in [4.69, 9.17) is 22.3 Å². The molecule has 0 saturated carbocycles. The number of nitrogens with zero attached hydrogens (tertiary/aromatic N) is 1. The lowest BCUT2D eigenvalue weighted by Gasteiger charge is -2.26. The molecule has 2 amide bonds. The Bertz CT molecular complexity index is 519. The summed E-state index contributed by atoms with van der Waals surface area (Å²) in [7, 11) is 0. The zero-order chi connectivity index (χ0) is 20.4. The van der Waals surface area contributed by atoms with Gasteiger partial charge in [0.25, 0.3) is 0 Å². The van der Waals surface area contributed by atoms with Crippen molar-refractivity contribution < 1.29 is 24.6 Å². The molecule has 0 unspecified atom stereocenters. The smallest absolute Gasteiger partial charge is 0.328 e. The summed E-state index contributed by atoms with van der Waals surface area (Å²) in [6.45, 7) is 4.94. The van der Waals surface area contributed by atoms with Crippen LogP contribution in [0.15, 0.2) is 4.99 Å². The molecule has 26 heavy (non-hydrogen) atoms. The maximum Gasteiger partial charge on any atom is 0.328 e. The summed E-state index contributed by atoms with van der Waals surface area (Å²) in [5, 5.41) is 23.2. The zero-order valence-electron chi connectivity index (χ0n) is 15.3. The second-order valence-electron chi connectivity index (χ2n) is 6.35. The van der Waals surface area contributed by atoms with Gasteiger partial charge in [0.1, 0.15) is 6.04 Å². The number of aliphatic carboxylic acids is 1. The molecule has 11 nitrogen and oxygen atoms in total. The van der Waals surface area contributed by atoms with Gasteiger partial charge in [-0.15, -0.1) is 0 Å².